The van der Waals surface area contributed by atoms with Crippen molar-refractivity contribution in [2.24, 2.45) is 5.92 Å². The molecule has 4 aliphatic rings. The number of hydrogen-bond acceptors (Lipinski definition) is 5. The molecule has 0 radical (unpaired) electrons. The lowest BCUT2D eigenvalue weighted by Gasteiger charge is -2.41. The van der Waals surface area contributed by atoms with Crippen molar-refractivity contribution in [1.29, 1.82) is 0 Å². The van der Waals surface area contributed by atoms with Crippen LogP contribution < -0.4 is 15.5 Å². The molecule has 186 valence electrons. The Morgan fingerprint density at radius 2 is 1.34 bits per heavy atom. The minimum Gasteiger partial charge on any atom is -0.371 e. The molecule has 2 aromatic rings. The van der Waals surface area contributed by atoms with Crippen molar-refractivity contribution in [2.75, 3.05) is 54.8 Å². The van der Waals surface area contributed by atoms with E-state index in [2.05, 4.69) is 56.8 Å². The number of hydrogen-bond donors (Lipinski definition) is 2. The minimum absolute atomic E-state index is 0.175. The normalized spacial score (nSPS) is 22.5. The van der Waals surface area contributed by atoms with Crippen LogP contribution in [0.15, 0.2) is 48.5 Å². The Bertz CT molecular complexity index is 977. The third-order valence-electron chi connectivity index (χ3n) is 8.70. The fraction of sp³-hybridized carbons (Fsp3) is 0.552. The summed E-state index contributed by atoms with van der Waals surface area (Å²) in [4.78, 5) is 20.5. The van der Waals surface area contributed by atoms with Crippen LogP contribution in [-0.4, -0.2) is 67.2 Å². The van der Waals surface area contributed by atoms with Crippen molar-refractivity contribution in [3.05, 3.63) is 54.1 Å². The molecule has 0 aromatic heterocycles. The standard InChI is InChI=1S/C29H39N5O/c35-29(34-18-12-22(13-19-34)28-30-26-6-2-3-7-27(26)31-28)23-8-10-24(11-9-23)33-20-14-25(15-21-33)32-16-4-1-5-17-32/h2-3,6-11,22,25,28,30-31H,1,4-5,12-21H2. The average Bonchev–Trinajstić information content (AvgIpc) is 3.38. The zero-order chi connectivity index (χ0) is 23.6. The highest BCUT2D eigenvalue weighted by atomic mass is 16.2. The molecule has 0 unspecified atom stereocenters. The van der Waals surface area contributed by atoms with Crippen molar-refractivity contribution < 1.29 is 4.79 Å². The lowest BCUT2D eigenvalue weighted by Crippen LogP contribution is -2.46. The Labute approximate surface area is 209 Å². The maximum absolute atomic E-state index is 13.2. The monoisotopic (exact) mass is 473 g/mol. The lowest BCUT2D eigenvalue weighted by atomic mass is 9.93. The summed E-state index contributed by atoms with van der Waals surface area (Å²) in [5, 5.41) is 7.23. The first-order chi connectivity index (χ1) is 17.2. The first-order valence-electron chi connectivity index (χ1n) is 13.7. The molecule has 0 spiro atoms. The number of benzene rings is 2. The highest BCUT2D eigenvalue weighted by Crippen LogP contribution is 2.34. The van der Waals surface area contributed by atoms with Crippen molar-refractivity contribution in [3.8, 4) is 0 Å². The molecule has 6 nitrogen and oxygen atoms in total. The van der Waals surface area contributed by atoms with Gasteiger partial charge in [0.15, 0.2) is 0 Å². The Kier molecular flexibility index (Phi) is 6.55. The quantitative estimate of drug-likeness (QED) is 0.664. The highest BCUT2D eigenvalue weighted by Gasteiger charge is 2.32. The Morgan fingerprint density at radius 3 is 1.97 bits per heavy atom. The van der Waals surface area contributed by atoms with Gasteiger partial charge in [0.05, 0.1) is 17.5 Å². The maximum Gasteiger partial charge on any atom is 0.253 e. The highest BCUT2D eigenvalue weighted by molar-refractivity contribution is 5.94. The van der Waals surface area contributed by atoms with Crippen LogP contribution in [0.3, 0.4) is 0 Å². The number of anilines is 3. The number of para-hydroxylation sites is 2. The number of piperidine rings is 3. The van der Waals surface area contributed by atoms with Crippen LogP contribution in [0.1, 0.15) is 55.3 Å². The zero-order valence-corrected chi connectivity index (χ0v) is 20.8. The molecular formula is C29H39N5O. The summed E-state index contributed by atoms with van der Waals surface area (Å²) in [6, 6.07) is 17.5. The van der Waals surface area contributed by atoms with Crippen LogP contribution in [0.2, 0.25) is 0 Å². The molecule has 4 aliphatic heterocycles. The van der Waals surface area contributed by atoms with Crippen molar-refractivity contribution in [1.82, 2.24) is 9.80 Å². The molecule has 0 aliphatic carbocycles. The van der Waals surface area contributed by atoms with E-state index in [0.717, 1.165) is 50.6 Å². The summed E-state index contributed by atoms with van der Waals surface area (Å²) >= 11 is 0. The Balaban J connectivity index is 0.990. The van der Waals surface area contributed by atoms with Crippen LogP contribution >= 0.6 is 0 Å². The smallest absolute Gasteiger partial charge is 0.253 e. The number of nitrogens with zero attached hydrogens (tertiary/aromatic N) is 3. The van der Waals surface area contributed by atoms with Gasteiger partial charge in [0.2, 0.25) is 0 Å². The van der Waals surface area contributed by atoms with Gasteiger partial charge in [-0.15, -0.1) is 0 Å². The number of rotatable bonds is 4. The van der Waals surface area contributed by atoms with Crippen LogP contribution in [0.25, 0.3) is 0 Å². The van der Waals surface area contributed by atoms with E-state index in [1.807, 2.05) is 17.0 Å². The maximum atomic E-state index is 13.2. The predicted octanol–water partition coefficient (Wildman–Crippen LogP) is 4.86. The first-order valence-corrected chi connectivity index (χ1v) is 13.7. The van der Waals surface area contributed by atoms with E-state index in [-0.39, 0.29) is 12.1 Å². The summed E-state index contributed by atoms with van der Waals surface area (Å²) in [7, 11) is 0. The second-order valence-corrected chi connectivity index (χ2v) is 10.8. The summed E-state index contributed by atoms with van der Waals surface area (Å²) < 4.78 is 0. The van der Waals surface area contributed by atoms with E-state index in [0.29, 0.717) is 5.92 Å². The molecule has 1 amide bonds. The van der Waals surface area contributed by atoms with Gasteiger partial charge >= 0.3 is 0 Å². The molecule has 35 heavy (non-hydrogen) atoms. The average molecular weight is 474 g/mol. The van der Waals surface area contributed by atoms with E-state index in [1.54, 1.807) is 0 Å². The van der Waals surface area contributed by atoms with Gasteiger partial charge in [-0.1, -0.05) is 18.6 Å². The molecule has 3 fully saturated rings. The van der Waals surface area contributed by atoms with Gasteiger partial charge in [-0.3, -0.25) is 4.79 Å². The Morgan fingerprint density at radius 1 is 0.714 bits per heavy atom. The molecule has 4 heterocycles. The van der Waals surface area contributed by atoms with Crippen LogP contribution in [0.5, 0.6) is 0 Å². The molecular weight excluding hydrogens is 434 g/mol. The minimum atomic E-state index is 0.175. The number of amides is 1. The number of carbonyl (C=O) groups is 1. The molecule has 2 aromatic carbocycles. The number of fused-ring (bicyclic) bond motifs is 1. The van der Waals surface area contributed by atoms with Crippen LogP contribution in [0, 0.1) is 5.92 Å². The predicted molar refractivity (Wildman–Crippen MR) is 143 cm³/mol. The summed E-state index contributed by atoms with van der Waals surface area (Å²) in [6.07, 6.45) is 8.97. The fourth-order valence-electron chi connectivity index (χ4n) is 6.55. The molecule has 0 saturated carbocycles. The zero-order valence-electron chi connectivity index (χ0n) is 20.8. The van der Waals surface area contributed by atoms with E-state index in [9.17, 15) is 4.79 Å². The molecule has 6 rings (SSSR count). The SMILES string of the molecule is O=C(c1ccc(N2CCC(N3CCCCC3)CC2)cc1)N1CCC(C2Nc3ccccc3N2)CC1. The van der Waals surface area contributed by atoms with Gasteiger partial charge in [-0.2, -0.15) is 0 Å². The largest absolute Gasteiger partial charge is 0.371 e. The number of nitrogens with one attached hydrogen (secondary N) is 2. The Hall–Kier alpha value is -2.73. The van der Waals surface area contributed by atoms with Crippen molar-refractivity contribution in [2.45, 2.75) is 57.2 Å². The molecule has 0 bridgehead atoms. The molecule has 6 heteroatoms. The molecule has 2 N–H and O–H groups in total. The van der Waals surface area contributed by atoms with Gasteiger partial charge in [-0.05, 0) is 88.0 Å². The topological polar surface area (TPSA) is 50.9 Å². The van der Waals surface area contributed by atoms with Gasteiger partial charge < -0.3 is 25.3 Å². The van der Waals surface area contributed by atoms with E-state index < -0.39 is 0 Å². The third kappa shape index (κ3) is 4.86. The summed E-state index contributed by atoms with van der Waals surface area (Å²) in [5.74, 6) is 0.705. The number of carbonyl (C=O) groups excluding carboxylic acids is 1. The van der Waals surface area contributed by atoms with Gasteiger partial charge in [-0.25, -0.2) is 0 Å². The number of likely N-dealkylation sites (tertiary alicyclic amines) is 2. The van der Waals surface area contributed by atoms with Gasteiger partial charge in [0.1, 0.15) is 0 Å². The lowest BCUT2D eigenvalue weighted by molar-refractivity contribution is 0.0686. The second-order valence-electron chi connectivity index (χ2n) is 10.8. The fourth-order valence-corrected chi connectivity index (χ4v) is 6.55. The van der Waals surface area contributed by atoms with E-state index in [4.69, 9.17) is 0 Å². The van der Waals surface area contributed by atoms with E-state index in [1.165, 1.54) is 62.3 Å². The third-order valence-corrected chi connectivity index (χ3v) is 8.70. The summed E-state index contributed by atoms with van der Waals surface area (Å²) in [5.41, 5.74) is 4.45. The molecule has 0 atom stereocenters. The van der Waals surface area contributed by atoms with Gasteiger partial charge in [0, 0.05) is 49.4 Å². The first kappa shape index (κ1) is 22.7. The second kappa shape index (κ2) is 10.1. The van der Waals surface area contributed by atoms with Crippen molar-refractivity contribution >= 4 is 23.0 Å². The molecule has 3 saturated heterocycles. The van der Waals surface area contributed by atoms with Crippen LogP contribution in [0.4, 0.5) is 17.1 Å². The van der Waals surface area contributed by atoms with Gasteiger partial charge in [0.25, 0.3) is 5.91 Å². The van der Waals surface area contributed by atoms with Crippen molar-refractivity contribution in [3.63, 3.8) is 0 Å². The van der Waals surface area contributed by atoms with Crippen LogP contribution in [-0.2, 0) is 0 Å². The summed E-state index contributed by atoms with van der Waals surface area (Å²) in [6.45, 7) is 6.47. The van der Waals surface area contributed by atoms with E-state index >= 15 is 0 Å².